The van der Waals surface area contributed by atoms with Gasteiger partial charge >= 0.3 is 0 Å². The van der Waals surface area contributed by atoms with Crippen LogP contribution in [0.25, 0.3) is 0 Å². The molecule has 4 heteroatoms. The molecule has 1 heterocycles. The van der Waals surface area contributed by atoms with Crippen LogP contribution < -0.4 is 5.32 Å². The molecule has 1 amide bonds. The zero-order valence-electron chi connectivity index (χ0n) is 18.9. The summed E-state index contributed by atoms with van der Waals surface area (Å²) in [4.78, 5) is 12.0. The normalized spacial score (nSPS) is 11.1. The summed E-state index contributed by atoms with van der Waals surface area (Å²) in [6.07, 6.45) is 21.9. The van der Waals surface area contributed by atoms with E-state index in [0.717, 1.165) is 18.7 Å². The van der Waals surface area contributed by atoms with Crippen molar-refractivity contribution in [2.24, 2.45) is 7.05 Å². The summed E-state index contributed by atoms with van der Waals surface area (Å²) in [5, 5.41) is 7.18. The highest BCUT2D eigenvalue weighted by Crippen LogP contribution is 2.13. The van der Waals surface area contributed by atoms with Crippen molar-refractivity contribution in [1.29, 1.82) is 0 Å². The van der Waals surface area contributed by atoms with Crippen LogP contribution in [0, 0.1) is 6.92 Å². The van der Waals surface area contributed by atoms with Gasteiger partial charge in [-0.1, -0.05) is 103 Å². The first kappa shape index (κ1) is 24.7. The Morgan fingerprint density at radius 1 is 0.821 bits per heavy atom. The van der Waals surface area contributed by atoms with E-state index in [9.17, 15) is 4.79 Å². The van der Waals surface area contributed by atoms with Crippen LogP contribution in [0.5, 0.6) is 0 Å². The monoisotopic (exact) mass is 391 g/mol. The molecule has 28 heavy (non-hydrogen) atoms. The van der Waals surface area contributed by atoms with Gasteiger partial charge in [-0.05, 0) is 19.4 Å². The van der Waals surface area contributed by atoms with Crippen LogP contribution in [-0.2, 0) is 7.05 Å². The topological polar surface area (TPSA) is 46.9 Å². The molecule has 0 aliphatic rings. The van der Waals surface area contributed by atoms with E-state index in [4.69, 9.17) is 0 Å². The molecule has 1 aromatic heterocycles. The number of amides is 1. The zero-order valence-corrected chi connectivity index (χ0v) is 18.9. The number of hydrogen-bond acceptors (Lipinski definition) is 2. The maximum atomic E-state index is 12.0. The van der Waals surface area contributed by atoms with Gasteiger partial charge in [0.15, 0.2) is 0 Å². The van der Waals surface area contributed by atoms with Gasteiger partial charge in [0.25, 0.3) is 5.91 Å². The maximum Gasteiger partial charge on any atom is 0.271 e. The SMILES string of the molecule is CCCCCCCCCCCCCCCCCCNC(=O)c1cc(C)n(C)n1. The molecule has 0 spiro atoms. The average molecular weight is 392 g/mol. The Kier molecular flexibility index (Phi) is 14.7. The number of rotatable bonds is 18. The number of nitrogens with one attached hydrogen (secondary N) is 1. The van der Waals surface area contributed by atoms with Gasteiger partial charge in [-0.2, -0.15) is 5.10 Å². The zero-order chi connectivity index (χ0) is 20.5. The average Bonchev–Trinajstić information content (AvgIpc) is 3.03. The van der Waals surface area contributed by atoms with Crippen LogP contribution in [0.1, 0.15) is 126 Å². The van der Waals surface area contributed by atoms with Crippen LogP contribution in [0.2, 0.25) is 0 Å². The first-order chi connectivity index (χ1) is 13.6. The van der Waals surface area contributed by atoms with Crippen molar-refractivity contribution in [3.8, 4) is 0 Å². The van der Waals surface area contributed by atoms with Crippen LogP contribution in [-0.4, -0.2) is 22.2 Å². The minimum Gasteiger partial charge on any atom is -0.351 e. The number of aromatic nitrogens is 2. The van der Waals surface area contributed by atoms with Gasteiger partial charge in [0.2, 0.25) is 0 Å². The third-order valence-electron chi connectivity index (χ3n) is 5.66. The van der Waals surface area contributed by atoms with Crippen LogP contribution in [0.15, 0.2) is 6.07 Å². The highest BCUT2D eigenvalue weighted by Gasteiger charge is 2.09. The standard InChI is InChI=1S/C24H45N3O/c1-4-5-6-7-8-9-10-11-12-13-14-15-16-17-18-19-20-25-24(28)23-21-22(2)27(3)26-23/h21H,4-20H2,1-3H3,(H,25,28). The predicted molar refractivity (Wildman–Crippen MR) is 120 cm³/mol. The molecule has 162 valence electrons. The molecule has 4 nitrogen and oxygen atoms in total. The molecule has 0 saturated carbocycles. The number of carbonyl (C=O) groups excluding carboxylic acids is 1. The molecule has 0 saturated heterocycles. The fourth-order valence-corrected chi connectivity index (χ4v) is 3.64. The minimum absolute atomic E-state index is 0.0512. The van der Waals surface area contributed by atoms with Crippen LogP contribution in [0.3, 0.4) is 0 Å². The Balaban J connectivity index is 1.79. The molecule has 0 bridgehead atoms. The molecular formula is C24H45N3O. The minimum atomic E-state index is -0.0512. The molecule has 1 aromatic rings. The Bertz CT molecular complexity index is 490. The van der Waals surface area contributed by atoms with Crippen molar-refractivity contribution >= 4 is 5.91 Å². The summed E-state index contributed by atoms with van der Waals surface area (Å²) in [6.45, 7) is 5.00. The summed E-state index contributed by atoms with van der Waals surface area (Å²) in [7, 11) is 1.86. The number of aryl methyl sites for hydroxylation is 2. The Labute approximate surface area is 173 Å². The van der Waals surface area contributed by atoms with Gasteiger partial charge in [0.05, 0.1) is 0 Å². The second-order valence-electron chi connectivity index (χ2n) is 8.35. The van der Waals surface area contributed by atoms with E-state index in [-0.39, 0.29) is 5.91 Å². The van der Waals surface area contributed by atoms with Crippen molar-refractivity contribution in [3.05, 3.63) is 17.5 Å². The van der Waals surface area contributed by atoms with Crippen molar-refractivity contribution < 1.29 is 4.79 Å². The second-order valence-corrected chi connectivity index (χ2v) is 8.35. The fraction of sp³-hybridized carbons (Fsp3) is 0.833. The molecule has 0 fully saturated rings. The lowest BCUT2D eigenvalue weighted by atomic mass is 10.0. The number of hydrogen-bond donors (Lipinski definition) is 1. The highest BCUT2D eigenvalue weighted by molar-refractivity contribution is 5.92. The summed E-state index contributed by atoms with van der Waals surface area (Å²) >= 11 is 0. The van der Waals surface area contributed by atoms with Crippen LogP contribution >= 0.6 is 0 Å². The molecule has 0 unspecified atom stereocenters. The van der Waals surface area contributed by atoms with E-state index < -0.39 is 0 Å². The number of unbranched alkanes of at least 4 members (excludes halogenated alkanes) is 15. The molecule has 0 radical (unpaired) electrons. The highest BCUT2D eigenvalue weighted by atomic mass is 16.1. The molecule has 1 N–H and O–H groups in total. The Hall–Kier alpha value is -1.32. The van der Waals surface area contributed by atoms with Crippen molar-refractivity contribution in [2.75, 3.05) is 6.54 Å². The van der Waals surface area contributed by atoms with Crippen molar-refractivity contribution in [1.82, 2.24) is 15.1 Å². The predicted octanol–water partition coefficient (Wildman–Crippen LogP) is 6.72. The summed E-state index contributed by atoms with van der Waals surface area (Å²) in [5.74, 6) is -0.0512. The largest absolute Gasteiger partial charge is 0.351 e. The van der Waals surface area contributed by atoms with Gasteiger partial charge in [0, 0.05) is 19.3 Å². The first-order valence-corrected chi connectivity index (χ1v) is 11.9. The second kappa shape index (κ2) is 16.6. The molecule has 0 aliphatic carbocycles. The van der Waals surface area contributed by atoms with Crippen molar-refractivity contribution in [2.45, 2.75) is 117 Å². The lowest BCUT2D eigenvalue weighted by molar-refractivity contribution is 0.0947. The molecule has 0 aliphatic heterocycles. The van der Waals surface area contributed by atoms with Gasteiger partial charge in [-0.25, -0.2) is 0 Å². The Morgan fingerprint density at radius 3 is 1.64 bits per heavy atom. The molecular weight excluding hydrogens is 346 g/mol. The number of carbonyl (C=O) groups is 1. The first-order valence-electron chi connectivity index (χ1n) is 11.9. The summed E-state index contributed by atoms with van der Waals surface area (Å²) in [6, 6.07) is 1.84. The van der Waals surface area contributed by atoms with E-state index in [1.165, 1.54) is 96.3 Å². The molecule has 0 aromatic carbocycles. The summed E-state index contributed by atoms with van der Waals surface area (Å²) in [5.41, 5.74) is 1.53. The van der Waals surface area contributed by atoms with Gasteiger partial charge in [0.1, 0.15) is 5.69 Å². The van der Waals surface area contributed by atoms with E-state index >= 15 is 0 Å². The molecule has 1 rings (SSSR count). The smallest absolute Gasteiger partial charge is 0.271 e. The van der Waals surface area contributed by atoms with Gasteiger partial charge < -0.3 is 5.32 Å². The lowest BCUT2D eigenvalue weighted by Gasteiger charge is -2.04. The third kappa shape index (κ3) is 12.2. The van der Waals surface area contributed by atoms with E-state index in [1.54, 1.807) is 4.68 Å². The van der Waals surface area contributed by atoms with E-state index in [0.29, 0.717) is 5.69 Å². The fourth-order valence-electron chi connectivity index (χ4n) is 3.64. The van der Waals surface area contributed by atoms with Crippen LogP contribution in [0.4, 0.5) is 0 Å². The quantitative estimate of drug-likeness (QED) is 0.282. The van der Waals surface area contributed by atoms with Gasteiger partial charge in [-0.15, -0.1) is 0 Å². The van der Waals surface area contributed by atoms with E-state index in [2.05, 4.69) is 17.3 Å². The van der Waals surface area contributed by atoms with Gasteiger partial charge in [-0.3, -0.25) is 9.48 Å². The van der Waals surface area contributed by atoms with E-state index in [1.807, 2.05) is 20.0 Å². The summed E-state index contributed by atoms with van der Waals surface area (Å²) < 4.78 is 1.74. The number of nitrogens with zero attached hydrogens (tertiary/aromatic N) is 2. The lowest BCUT2D eigenvalue weighted by Crippen LogP contribution is -2.24. The Morgan fingerprint density at radius 2 is 1.25 bits per heavy atom. The third-order valence-corrected chi connectivity index (χ3v) is 5.66. The maximum absolute atomic E-state index is 12.0. The van der Waals surface area contributed by atoms with Crippen molar-refractivity contribution in [3.63, 3.8) is 0 Å². The molecule has 0 atom stereocenters.